The minimum atomic E-state index is -0.321. The van der Waals surface area contributed by atoms with Crippen molar-refractivity contribution in [2.75, 3.05) is 7.11 Å². The van der Waals surface area contributed by atoms with Gasteiger partial charge in [-0.2, -0.15) is 0 Å². The molecule has 3 nitrogen and oxygen atoms in total. The van der Waals surface area contributed by atoms with Gasteiger partial charge in [-0.05, 0) is 44.4 Å². The molecule has 0 fully saturated rings. The maximum absolute atomic E-state index is 10.1. The first-order chi connectivity index (χ1) is 9.22. The topological polar surface area (TPSA) is 34.4 Å². The first kappa shape index (κ1) is 12.3. The number of aliphatic hydroxyl groups is 1. The highest BCUT2D eigenvalue weighted by Gasteiger charge is 2.24. The number of nitrogens with zero attached hydrogens (tertiary/aromatic N) is 1. The second-order valence-corrected chi connectivity index (χ2v) is 5.10. The molecule has 1 aliphatic carbocycles. The van der Waals surface area contributed by atoms with Crippen LogP contribution in [-0.4, -0.2) is 16.8 Å². The Morgan fingerprint density at radius 1 is 1.32 bits per heavy atom. The van der Waals surface area contributed by atoms with Crippen LogP contribution in [0.25, 0.3) is 5.69 Å². The number of para-hydroxylation sites is 2. The Labute approximate surface area is 113 Å². The molecule has 100 valence electrons. The van der Waals surface area contributed by atoms with Crippen LogP contribution in [0.4, 0.5) is 0 Å². The third kappa shape index (κ3) is 1.94. The van der Waals surface area contributed by atoms with E-state index in [-0.39, 0.29) is 6.10 Å². The maximum atomic E-state index is 10.1. The zero-order valence-corrected chi connectivity index (χ0v) is 11.4. The van der Waals surface area contributed by atoms with Crippen LogP contribution in [0.3, 0.4) is 0 Å². The molecule has 1 N–H and O–H groups in total. The molecular weight excluding hydrogens is 238 g/mol. The molecule has 3 heteroatoms. The fourth-order valence-electron chi connectivity index (χ4n) is 3.03. The predicted molar refractivity (Wildman–Crippen MR) is 75.0 cm³/mol. The van der Waals surface area contributed by atoms with Crippen LogP contribution in [0.2, 0.25) is 0 Å². The summed E-state index contributed by atoms with van der Waals surface area (Å²) in [5.41, 5.74) is 4.50. The normalized spacial score (nSPS) is 18.2. The number of hydrogen-bond donors (Lipinski definition) is 1. The number of benzene rings is 1. The number of rotatable bonds is 2. The lowest BCUT2D eigenvalue weighted by molar-refractivity contribution is 0.156. The predicted octanol–water partition coefficient (Wildman–Crippen LogP) is 3.16. The average Bonchev–Trinajstić information content (AvgIpc) is 2.76. The summed E-state index contributed by atoms with van der Waals surface area (Å²) in [6, 6.07) is 10.1. The van der Waals surface area contributed by atoms with E-state index in [1.807, 2.05) is 18.2 Å². The number of aromatic nitrogens is 1. The third-order valence-electron chi connectivity index (χ3n) is 3.90. The first-order valence-corrected chi connectivity index (χ1v) is 6.75. The number of methoxy groups -OCH3 is 1. The van der Waals surface area contributed by atoms with Gasteiger partial charge in [0.25, 0.3) is 0 Å². The van der Waals surface area contributed by atoms with Gasteiger partial charge in [0.15, 0.2) is 0 Å². The van der Waals surface area contributed by atoms with Gasteiger partial charge in [-0.3, -0.25) is 0 Å². The van der Waals surface area contributed by atoms with Crippen molar-refractivity contribution < 1.29 is 9.84 Å². The van der Waals surface area contributed by atoms with E-state index >= 15 is 0 Å². The summed E-state index contributed by atoms with van der Waals surface area (Å²) in [5, 5.41) is 10.1. The molecule has 0 spiro atoms. The third-order valence-corrected chi connectivity index (χ3v) is 3.90. The van der Waals surface area contributed by atoms with Gasteiger partial charge in [0.05, 0.1) is 18.9 Å². The minimum Gasteiger partial charge on any atom is -0.495 e. The van der Waals surface area contributed by atoms with E-state index in [0.29, 0.717) is 0 Å². The van der Waals surface area contributed by atoms with Crippen LogP contribution < -0.4 is 4.74 Å². The van der Waals surface area contributed by atoms with Crippen LogP contribution >= 0.6 is 0 Å². The van der Waals surface area contributed by atoms with E-state index in [9.17, 15) is 5.11 Å². The highest BCUT2D eigenvalue weighted by Crippen LogP contribution is 2.36. The minimum absolute atomic E-state index is 0.321. The maximum Gasteiger partial charge on any atom is 0.142 e. The Kier molecular flexibility index (Phi) is 3.07. The lowest BCUT2D eigenvalue weighted by Gasteiger charge is -2.21. The van der Waals surface area contributed by atoms with Gasteiger partial charge in [0.1, 0.15) is 5.75 Å². The van der Waals surface area contributed by atoms with Crippen LogP contribution in [-0.2, 0) is 6.42 Å². The van der Waals surface area contributed by atoms with Crippen molar-refractivity contribution in [3.05, 3.63) is 47.3 Å². The Morgan fingerprint density at radius 2 is 2.11 bits per heavy atom. The van der Waals surface area contributed by atoms with Crippen LogP contribution in [0.1, 0.15) is 35.9 Å². The van der Waals surface area contributed by atoms with Gasteiger partial charge in [-0.15, -0.1) is 0 Å². The van der Waals surface area contributed by atoms with E-state index in [0.717, 1.165) is 42.0 Å². The number of fused-ring (bicyclic) bond motifs is 1. The van der Waals surface area contributed by atoms with E-state index in [1.54, 1.807) is 7.11 Å². The number of ether oxygens (including phenoxy) is 1. The highest BCUT2D eigenvalue weighted by atomic mass is 16.5. The Morgan fingerprint density at radius 3 is 2.89 bits per heavy atom. The molecular formula is C16H19NO2. The molecule has 1 atom stereocenters. The van der Waals surface area contributed by atoms with Crippen molar-refractivity contribution in [1.29, 1.82) is 0 Å². The van der Waals surface area contributed by atoms with Gasteiger partial charge < -0.3 is 14.4 Å². The molecule has 0 saturated carbocycles. The molecule has 1 aromatic carbocycles. The van der Waals surface area contributed by atoms with Crippen molar-refractivity contribution in [1.82, 2.24) is 4.57 Å². The van der Waals surface area contributed by atoms with Gasteiger partial charge in [0.2, 0.25) is 0 Å². The molecule has 1 aromatic heterocycles. The van der Waals surface area contributed by atoms with Gasteiger partial charge in [-0.25, -0.2) is 0 Å². The lowest BCUT2D eigenvalue weighted by Crippen LogP contribution is -2.12. The monoisotopic (exact) mass is 257 g/mol. The van der Waals surface area contributed by atoms with Crippen LogP contribution in [0, 0.1) is 6.92 Å². The largest absolute Gasteiger partial charge is 0.495 e. The average molecular weight is 257 g/mol. The summed E-state index contributed by atoms with van der Waals surface area (Å²) in [4.78, 5) is 0. The van der Waals surface area contributed by atoms with Crippen molar-refractivity contribution in [2.45, 2.75) is 32.3 Å². The summed E-state index contributed by atoms with van der Waals surface area (Å²) >= 11 is 0. The molecule has 0 saturated heterocycles. The molecule has 0 bridgehead atoms. The second kappa shape index (κ2) is 4.74. The SMILES string of the molecule is COc1ccccc1-n1c(C)cc2c1CCCC2O. The zero-order valence-electron chi connectivity index (χ0n) is 11.4. The molecule has 1 heterocycles. The summed E-state index contributed by atoms with van der Waals surface area (Å²) in [7, 11) is 1.69. The van der Waals surface area contributed by atoms with Gasteiger partial charge in [-0.1, -0.05) is 12.1 Å². The van der Waals surface area contributed by atoms with E-state index < -0.39 is 0 Å². The van der Waals surface area contributed by atoms with E-state index in [4.69, 9.17) is 4.74 Å². The number of hydrogen-bond acceptors (Lipinski definition) is 2. The first-order valence-electron chi connectivity index (χ1n) is 6.75. The Hall–Kier alpha value is -1.74. The van der Waals surface area contributed by atoms with Gasteiger partial charge >= 0.3 is 0 Å². The second-order valence-electron chi connectivity index (χ2n) is 5.10. The quantitative estimate of drug-likeness (QED) is 0.896. The number of aliphatic hydroxyl groups excluding tert-OH is 1. The van der Waals surface area contributed by atoms with E-state index in [2.05, 4.69) is 23.6 Å². The Bertz CT molecular complexity index is 601. The molecule has 3 rings (SSSR count). The molecule has 1 unspecified atom stereocenters. The molecule has 2 aromatic rings. The molecule has 0 aliphatic heterocycles. The molecule has 0 amide bonds. The Balaban J connectivity index is 2.20. The molecule has 0 radical (unpaired) electrons. The summed E-state index contributed by atoms with van der Waals surface area (Å²) < 4.78 is 7.68. The summed E-state index contributed by atoms with van der Waals surface area (Å²) in [6.07, 6.45) is 2.59. The van der Waals surface area contributed by atoms with Crippen molar-refractivity contribution in [2.24, 2.45) is 0 Å². The standard InChI is InChI=1S/C16H19NO2/c1-11-10-12-13(7-5-8-15(12)18)17(11)14-6-3-4-9-16(14)19-2/h3-4,6,9-10,15,18H,5,7-8H2,1-2H3. The number of aryl methyl sites for hydroxylation is 1. The van der Waals surface area contributed by atoms with Gasteiger partial charge in [0, 0.05) is 17.0 Å². The molecule has 19 heavy (non-hydrogen) atoms. The lowest BCUT2D eigenvalue weighted by atomic mass is 9.95. The highest BCUT2D eigenvalue weighted by molar-refractivity contribution is 5.51. The van der Waals surface area contributed by atoms with E-state index in [1.165, 1.54) is 5.69 Å². The smallest absolute Gasteiger partial charge is 0.142 e. The van der Waals surface area contributed by atoms with Crippen molar-refractivity contribution in [3.8, 4) is 11.4 Å². The summed E-state index contributed by atoms with van der Waals surface area (Å²) in [5.74, 6) is 0.865. The van der Waals surface area contributed by atoms with Crippen LogP contribution in [0.15, 0.2) is 30.3 Å². The molecule has 1 aliphatic rings. The van der Waals surface area contributed by atoms with Crippen molar-refractivity contribution >= 4 is 0 Å². The fourth-order valence-corrected chi connectivity index (χ4v) is 3.03. The summed E-state index contributed by atoms with van der Waals surface area (Å²) in [6.45, 7) is 2.08. The van der Waals surface area contributed by atoms with Crippen molar-refractivity contribution in [3.63, 3.8) is 0 Å². The fraction of sp³-hybridized carbons (Fsp3) is 0.375. The zero-order chi connectivity index (χ0) is 13.4. The van der Waals surface area contributed by atoms with Crippen LogP contribution in [0.5, 0.6) is 5.75 Å².